The molecule has 1 aromatic rings. The zero-order valence-electron chi connectivity index (χ0n) is 14.9. The van der Waals surface area contributed by atoms with Gasteiger partial charge in [-0.15, -0.1) is 12.4 Å². The second kappa shape index (κ2) is 9.41. The quantitative estimate of drug-likeness (QED) is 0.838. The van der Waals surface area contributed by atoms with E-state index in [0.29, 0.717) is 13.1 Å². The molecule has 0 spiro atoms. The molecule has 0 radical (unpaired) electrons. The van der Waals surface area contributed by atoms with Gasteiger partial charge in [0.05, 0.1) is 13.2 Å². The maximum absolute atomic E-state index is 13.0. The predicted molar refractivity (Wildman–Crippen MR) is 99.9 cm³/mol. The molecule has 1 saturated heterocycles. The van der Waals surface area contributed by atoms with E-state index in [1.807, 2.05) is 29.2 Å². The Morgan fingerprint density at radius 2 is 2.20 bits per heavy atom. The van der Waals surface area contributed by atoms with Gasteiger partial charge in [0.1, 0.15) is 5.75 Å². The Hall–Kier alpha value is -1.30. The average Bonchev–Trinajstić information content (AvgIpc) is 3.25. The van der Waals surface area contributed by atoms with E-state index in [1.165, 1.54) is 0 Å². The number of carbonyl (C=O) groups is 1. The Balaban J connectivity index is 0.00000225. The van der Waals surface area contributed by atoms with Crippen LogP contribution < -0.4 is 10.5 Å². The zero-order valence-corrected chi connectivity index (χ0v) is 15.7. The standard InChI is InChI=1S/C19H28N2O3.ClH/c1-23-17-5-2-4-14(10-17)12-21(13-18-6-3-9-24-18)19(22)15-7-8-16(20)11-15;/h2,4-5,10,15-16,18H,3,6-9,11-13,20H2,1H3;1H. The molecule has 3 rings (SSSR count). The van der Waals surface area contributed by atoms with Crippen molar-refractivity contribution in [3.8, 4) is 5.75 Å². The summed E-state index contributed by atoms with van der Waals surface area (Å²) in [5.74, 6) is 1.10. The first-order valence-corrected chi connectivity index (χ1v) is 8.94. The average molecular weight is 369 g/mol. The molecule has 0 bridgehead atoms. The molecule has 2 N–H and O–H groups in total. The molecule has 1 amide bonds. The van der Waals surface area contributed by atoms with Crippen molar-refractivity contribution >= 4 is 18.3 Å². The SMILES string of the molecule is COc1cccc(CN(CC2CCCO2)C(=O)C2CCC(N)C2)c1.Cl. The fourth-order valence-electron chi connectivity index (χ4n) is 3.76. The van der Waals surface area contributed by atoms with Gasteiger partial charge in [-0.3, -0.25) is 4.79 Å². The highest BCUT2D eigenvalue weighted by Gasteiger charge is 2.32. The highest BCUT2D eigenvalue weighted by molar-refractivity contribution is 5.85. The summed E-state index contributed by atoms with van der Waals surface area (Å²) >= 11 is 0. The smallest absolute Gasteiger partial charge is 0.226 e. The summed E-state index contributed by atoms with van der Waals surface area (Å²) in [5, 5.41) is 0. The monoisotopic (exact) mass is 368 g/mol. The molecule has 1 aromatic carbocycles. The summed E-state index contributed by atoms with van der Waals surface area (Å²) in [5.41, 5.74) is 7.09. The Kier molecular flexibility index (Phi) is 7.54. The lowest BCUT2D eigenvalue weighted by molar-refractivity contribution is -0.137. The summed E-state index contributed by atoms with van der Waals surface area (Å²) in [4.78, 5) is 15.0. The second-order valence-electron chi connectivity index (χ2n) is 6.98. The molecule has 1 heterocycles. The Labute approximate surface area is 156 Å². The molecule has 1 saturated carbocycles. The first-order valence-electron chi connectivity index (χ1n) is 8.94. The number of amides is 1. The number of ether oxygens (including phenoxy) is 2. The predicted octanol–water partition coefficient (Wildman–Crippen LogP) is 2.75. The first kappa shape index (κ1) is 20.0. The van der Waals surface area contributed by atoms with Gasteiger partial charge in [-0.2, -0.15) is 0 Å². The highest BCUT2D eigenvalue weighted by Crippen LogP contribution is 2.28. The van der Waals surface area contributed by atoms with Gasteiger partial charge in [0.25, 0.3) is 0 Å². The van der Waals surface area contributed by atoms with E-state index >= 15 is 0 Å². The van der Waals surface area contributed by atoms with Crippen molar-refractivity contribution in [3.05, 3.63) is 29.8 Å². The molecule has 0 aromatic heterocycles. The number of nitrogens with zero attached hydrogens (tertiary/aromatic N) is 1. The first-order chi connectivity index (χ1) is 11.7. The van der Waals surface area contributed by atoms with E-state index in [1.54, 1.807) is 7.11 Å². The summed E-state index contributed by atoms with van der Waals surface area (Å²) < 4.78 is 11.1. The van der Waals surface area contributed by atoms with Crippen LogP contribution >= 0.6 is 12.4 Å². The van der Waals surface area contributed by atoms with E-state index in [9.17, 15) is 4.79 Å². The molecule has 6 heteroatoms. The van der Waals surface area contributed by atoms with Crippen LogP contribution in [0.2, 0.25) is 0 Å². The minimum Gasteiger partial charge on any atom is -0.497 e. The molecule has 3 atom stereocenters. The molecule has 140 valence electrons. The van der Waals surface area contributed by atoms with Gasteiger partial charge in [-0.05, 0) is 49.8 Å². The van der Waals surface area contributed by atoms with Crippen LogP contribution in [0.15, 0.2) is 24.3 Å². The van der Waals surface area contributed by atoms with Crippen molar-refractivity contribution in [1.29, 1.82) is 0 Å². The fourth-order valence-corrected chi connectivity index (χ4v) is 3.76. The van der Waals surface area contributed by atoms with E-state index in [-0.39, 0.29) is 36.4 Å². The van der Waals surface area contributed by atoms with Crippen LogP contribution in [-0.4, -0.2) is 43.2 Å². The number of hydrogen-bond donors (Lipinski definition) is 1. The van der Waals surface area contributed by atoms with Crippen molar-refractivity contribution in [1.82, 2.24) is 4.90 Å². The number of carbonyl (C=O) groups excluding carboxylic acids is 1. The van der Waals surface area contributed by atoms with Crippen LogP contribution in [0.25, 0.3) is 0 Å². The molecule has 25 heavy (non-hydrogen) atoms. The van der Waals surface area contributed by atoms with Crippen LogP contribution in [-0.2, 0) is 16.1 Å². The fraction of sp³-hybridized carbons (Fsp3) is 0.632. The van der Waals surface area contributed by atoms with Gasteiger partial charge in [-0.25, -0.2) is 0 Å². The third-order valence-electron chi connectivity index (χ3n) is 5.09. The molecule has 2 fully saturated rings. The minimum absolute atomic E-state index is 0. The largest absolute Gasteiger partial charge is 0.497 e. The lowest BCUT2D eigenvalue weighted by Crippen LogP contribution is -2.40. The molecule has 5 nitrogen and oxygen atoms in total. The van der Waals surface area contributed by atoms with Crippen molar-refractivity contribution in [2.45, 2.75) is 50.8 Å². The third kappa shape index (κ3) is 5.33. The van der Waals surface area contributed by atoms with Gasteiger partial charge in [-0.1, -0.05) is 12.1 Å². The van der Waals surface area contributed by atoms with E-state index in [4.69, 9.17) is 15.2 Å². The summed E-state index contributed by atoms with van der Waals surface area (Å²) in [6.07, 6.45) is 4.93. The van der Waals surface area contributed by atoms with Crippen LogP contribution in [0, 0.1) is 5.92 Å². The Morgan fingerprint density at radius 1 is 1.36 bits per heavy atom. The van der Waals surface area contributed by atoms with Gasteiger partial charge in [0.15, 0.2) is 0 Å². The zero-order chi connectivity index (χ0) is 16.9. The number of rotatable bonds is 6. The van der Waals surface area contributed by atoms with Crippen molar-refractivity contribution in [2.75, 3.05) is 20.3 Å². The van der Waals surface area contributed by atoms with Crippen molar-refractivity contribution in [2.24, 2.45) is 11.7 Å². The Morgan fingerprint density at radius 3 is 2.84 bits per heavy atom. The summed E-state index contributed by atoms with van der Waals surface area (Å²) in [7, 11) is 1.66. The van der Waals surface area contributed by atoms with Crippen molar-refractivity contribution in [3.63, 3.8) is 0 Å². The number of nitrogens with two attached hydrogens (primary N) is 1. The topological polar surface area (TPSA) is 64.8 Å². The molecule has 3 unspecified atom stereocenters. The maximum Gasteiger partial charge on any atom is 0.226 e. The maximum atomic E-state index is 13.0. The van der Waals surface area contributed by atoms with Crippen LogP contribution in [0.4, 0.5) is 0 Å². The van der Waals surface area contributed by atoms with Crippen LogP contribution in [0.1, 0.15) is 37.7 Å². The van der Waals surface area contributed by atoms with Crippen LogP contribution in [0.5, 0.6) is 5.75 Å². The summed E-state index contributed by atoms with van der Waals surface area (Å²) in [6, 6.07) is 8.09. The molecular weight excluding hydrogens is 340 g/mol. The van der Waals surface area contributed by atoms with Crippen molar-refractivity contribution < 1.29 is 14.3 Å². The van der Waals surface area contributed by atoms with Gasteiger partial charge >= 0.3 is 0 Å². The lowest BCUT2D eigenvalue weighted by Gasteiger charge is -2.28. The molecular formula is C19H29ClN2O3. The van der Waals surface area contributed by atoms with E-state index < -0.39 is 0 Å². The molecule has 1 aliphatic carbocycles. The van der Waals surface area contributed by atoms with Gasteiger partial charge in [0, 0.05) is 31.7 Å². The summed E-state index contributed by atoms with van der Waals surface area (Å²) in [6.45, 7) is 2.07. The Bertz CT molecular complexity index is 563. The van der Waals surface area contributed by atoms with Gasteiger partial charge < -0.3 is 20.1 Å². The number of hydrogen-bond acceptors (Lipinski definition) is 4. The second-order valence-corrected chi connectivity index (χ2v) is 6.98. The number of halogens is 1. The number of benzene rings is 1. The highest BCUT2D eigenvalue weighted by atomic mass is 35.5. The third-order valence-corrected chi connectivity index (χ3v) is 5.09. The molecule has 1 aliphatic heterocycles. The minimum atomic E-state index is 0. The lowest BCUT2D eigenvalue weighted by atomic mass is 10.0. The van der Waals surface area contributed by atoms with E-state index in [2.05, 4.69) is 0 Å². The molecule has 2 aliphatic rings. The van der Waals surface area contributed by atoms with Gasteiger partial charge in [0.2, 0.25) is 5.91 Å². The normalized spacial score (nSPS) is 25.4. The number of methoxy groups -OCH3 is 1. The van der Waals surface area contributed by atoms with E-state index in [0.717, 1.165) is 50.0 Å². The van der Waals surface area contributed by atoms with Crippen LogP contribution in [0.3, 0.4) is 0 Å².